The molecule has 108 valence electrons. The Labute approximate surface area is 119 Å². The second-order valence-corrected chi connectivity index (χ2v) is 6.14. The van der Waals surface area contributed by atoms with Gasteiger partial charge in [0.05, 0.1) is 5.41 Å². The van der Waals surface area contributed by atoms with Crippen LogP contribution in [0.1, 0.15) is 31.2 Å². The van der Waals surface area contributed by atoms with E-state index in [-0.39, 0.29) is 17.8 Å². The number of carbonyl (C=O) groups excluding carboxylic acids is 1. The Kier molecular flexibility index (Phi) is 3.50. The summed E-state index contributed by atoms with van der Waals surface area (Å²) >= 11 is 0. The minimum absolute atomic E-state index is 0.124. The first-order valence-electron chi connectivity index (χ1n) is 7.36. The fraction of sp³-hybridized carbons (Fsp3) is 0.562. The molecule has 1 amide bonds. The zero-order chi connectivity index (χ0) is 14.2. The number of amides is 1. The van der Waals surface area contributed by atoms with Crippen LogP contribution in [0, 0.1) is 5.82 Å². The molecule has 3 rings (SSSR count). The van der Waals surface area contributed by atoms with E-state index in [2.05, 4.69) is 17.3 Å². The smallest absolute Gasteiger partial charge is 0.230 e. The summed E-state index contributed by atoms with van der Waals surface area (Å²) in [5.41, 5.74) is 0.557. The summed E-state index contributed by atoms with van der Waals surface area (Å²) in [7, 11) is 2.11. The molecule has 1 saturated carbocycles. The minimum Gasteiger partial charge on any atom is -0.353 e. The predicted octanol–water partition coefficient (Wildman–Crippen LogP) is 2.07. The molecular weight excluding hydrogens is 255 g/mol. The van der Waals surface area contributed by atoms with Gasteiger partial charge in [0, 0.05) is 6.04 Å². The fourth-order valence-corrected chi connectivity index (χ4v) is 3.02. The third-order valence-electron chi connectivity index (χ3n) is 4.64. The first-order valence-corrected chi connectivity index (χ1v) is 7.36. The maximum Gasteiger partial charge on any atom is 0.230 e. The second-order valence-electron chi connectivity index (χ2n) is 6.14. The summed E-state index contributed by atoms with van der Waals surface area (Å²) in [5, 5.41) is 3.20. The molecule has 1 aromatic carbocycles. The molecule has 3 nitrogen and oxygen atoms in total. The lowest BCUT2D eigenvalue weighted by Crippen LogP contribution is -2.46. The van der Waals surface area contributed by atoms with Gasteiger partial charge in [0.25, 0.3) is 0 Å². The average molecular weight is 276 g/mol. The van der Waals surface area contributed by atoms with Crippen molar-refractivity contribution in [3.63, 3.8) is 0 Å². The van der Waals surface area contributed by atoms with Gasteiger partial charge in [0.1, 0.15) is 5.82 Å². The van der Waals surface area contributed by atoms with E-state index in [4.69, 9.17) is 0 Å². The van der Waals surface area contributed by atoms with Crippen molar-refractivity contribution in [3.8, 4) is 0 Å². The fourth-order valence-electron chi connectivity index (χ4n) is 3.02. The van der Waals surface area contributed by atoms with Crippen molar-refractivity contribution in [3.05, 3.63) is 35.6 Å². The molecule has 2 fully saturated rings. The van der Waals surface area contributed by atoms with E-state index < -0.39 is 5.41 Å². The average Bonchev–Trinajstić information content (AvgIpc) is 3.24. The van der Waals surface area contributed by atoms with E-state index in [1.165, 1.54) is 12.1 Å². The van der Waals surface area contributed by atoms with Crippen molar-refractivity contribution >= 4 is 5.91 Å². The molecule has 0 aromatic heterocycles. The first-order chi connectivity index (χ1) is 9.60. The zero-order valence-electron chi connectivity index (χ0n) is 11.9. The van der Waals surface area contributed by atoms with E-state index in [0.29, 0.717) is 0 Å². The molecule has 0 radical (unpaired) electrons. The second kappa shape index (κ2) is 5.17. The van der Waals surface area contributed by atoms with E-state index in [1.807, 2.05) is 0 Å². The molecule has 1 aromatic rings. The molecule has 0 atom stereocenters. The highest BCUT2D eigenvalue weighted by Gasteiger charge is 2.51. The number of hydrogen-bond acceptors (Lipinski definition) is 2. The predicted molar refractivity (Wildman–Crippen MR) is 76.0 cm³/mol. The van der Waals surface area contributed by atoms with Crippen molar-refractivity contribution < 1.29 is 9.18 Å². The van der Waals surface area contributed by atoms with Crippen LogP contribution >= 0.6 is 0 Å². The number of likely N-dealkylation sites (tertiary alicyclic amines) is 1. The summed E-state index contributed by atoms with van der Waals surface area (Å²) in [6, 6.07) is 6.67. The molecule has 0 spiro atoms. The maximum absolute atomic E-state index is 13.0. The van der Waals surface area contributed by atoms with E-state index in [0.717, 1.165) is 44.3 Å². The number of nitrogens with one attached hydrogen (secondary N) is 1. The highest BCUT2D eigenvalue weighted by Crippen LogP contribution is 2.48. The van der Waals surface area contributed by atoms with Crippen molar-refractivity contribution in [1.29, 1.82) is 0 Å². The quantitative estimate of drug-likeness (QED) is 0.916. The lowest BCUT2D eigenvalue weighted by Gasteiger charge is -2.30. The Morgan fingerprint density at radius 3 is 2.40 bits per heavy atom. The summed E-state index contributed by atoms with van der Waals surface area (Å²) in [6.07, 6.45) is 3.78. The Morgan fingerprint density at radius 2 is 1.85 bits per heavy atom. The van der Waals surface area contributed by atoms with Crippen LogP contribution < -0.4 is 5.32 Å². The minimum atomic E-state index is -0.392. The van der Waals surface area contributed by atoms with Gasteiger partial charge < -0.3 is 10.2 Å². The van der Waals surface area contributed by atoms with Crippen LogP contribution in [-0.4, -0.2) is 37.0 Å². The standard InChI is InChI=1S/C16H21FN2O/c1-19-10-6-14(7-11-19)18-15(20)16(8-9-16)12-2-4-13(17)5-3-12/h2-5,14H,6-11H2,1H3,(H,18,20). The molecule has 0 bridgehead atoms. The van der Waals surface area contributed by atoms with E-state index >= 15 is 0 Å². The molecule has 1 heterocycles. The highest BCUT2D eigenvalue weighted by atomic mass is 19.1. The third kappa shape index (κ3) is 2.57. The van der Waals surface area contributed by atoms with Crippen LogP contribution in [0.25, 0.3) is 0 Å². The molecule has 4 heteroatoms. The van der Waals surface area contributed by atoms with Crippen LogP contribution in [0.15, 0.2) is 24.3 Å². The van der Waals surface area contributed by atoms with Gasteiger partial charge in [-0.05, 0) is 63.5 Å². The molecule has 1 aliphatic carbocycles. The molecule has 1 saturated heterocycles. The lowest BCUT2D eigenvalue weighted by atomic mass is 9.94. The number of benzene rings is 1. The molecule has 2 aliphatic rings. The normalized spacial score (nSPS) is 22.5. The van der Waals surface area contributed by atoms with E-state index in [9.17, 15) is 9.18 Å². The summed E-state index contributed by atoms with van der Waals surface area (Å²) in [6.45, 7) is 2.07. The SMILES string of the molecule is CN1CCC(NC(=O)C2(c3ccc(F)cc3)CC2)CC1. The summed E-state index contributed by atoms with van der Waals surface area (Å²) < 4.78 is 13.0. The van der Waals surface area contributed by atoms with Gasteiger partial charge in [0.15, 0.2) is 0 Å². The van der Waals surface area contributed by atoms with Crippen LogP contribution in [0.5, 0.6) is 0 Å². The van der Waals surface area contributed by atoms with Gasteiger partial charge in [-0.1, -0.05) is 12.1 Å². The van der Waals surface area contributed by atoms with Gasteiger partial charge in [0.2, 0.25) is 5.91 Å². The number of nitrogens with zero attached hydrogens (tertiary/aromatic N) is 1. The van der Waals surface area contributed by atoms with E-state index in [1.54, 1.807) is 12.1 Å². The Morgan fingerprint density at radius 1 is 1.25 bits per heavy atom. The number of piperidine rings is 1. The lowest BCUT2D eigenvalue weighted by molar-refractivity contribution is -0.124. The Hall–Kier alpha value is -1.42. The molecular formula is C16H21FN2O. The number of halogens is 1. The highest BCUT2D eigenvalue weighted by molar-refractivity contribution is 5.91. The zero-order valence-corrected chi connectivity index (χ0v) is 11.9. The first kappa shape index (κ1) is 13.6. The van der Waals surface area contributed by atoms with Crippen molar-refractivity contribution in [2.75, 3.05) is 20.1 Å². The molecule has 0 unspecified atom stereocenters. The molecule has 1 N–H and O–H groups in total. The summed E-state index contributed by atoms with van der Waals surface area (Å²) in [5.74, 6) is -0.126. The number of hydrogen-bond donors (Lipinski definition) is 1. The van der Waals surface area contributed by atoms with Gasteiger partial charge in [-0.15, -0.1) is 0 Å². The van der Waals surface area contributed by atoms with Crippen molar-refractivity contribution in [1.82, 2.24) is 10.2 Å². The maximum atomic E-state index is 13.0. The number of rotatable bonds is 3. The number of carbonyl (C=O) groups is 1. The third-order valence-corrected chi connectivity index (χ3v) is 4.64. The topological polar surface area (TPSA) is 32.3 Å². The van der Waals surface area contributed by atoms with Crippen LogP contribution in [0.3, 0.4) is 0 Å². The Balaban J connectivity index is 1.66. The van der Waals surface area contributed by atoms with Gasteiger partial charge in [-0.25, -0.2) is 4.39 Å². The summed E-state index contributed by atoms with van der Waals surface area (Å²) in [4.78, 5) is 14.8. The largest absolute Gasteiger partial charge is 0.353 e. The van der Waals surface area contributed by atoms with Gasteiger partial charge in [-0.2, -0.15) is 0 Å². The van der Waals surface area contributed by atoms with Gasteiger partial charge in [-0.3, -0.25) is 4.79 Å². The van der Waals surface area contributed by atoms with Crippen molar-refractivity contribution in [2.24, 2.45) is 0 Å². The van der Waals surface area contributed by atoms with Crippen LogP contribution in [0.4, 0.5) is 4.39 Å². The Bertz CT molecular complexity index is 488. The van der Waals surface area contributed by atoms with Crippen LogP contribution in [0.2, 0.25) is 0 Å². The van der Waals surface area contributed by atoms with Crippen LogP contribution in [-0.2, 0) is 10.2 Å². The molecule has 20 heavy (non-hydrogen) atoms. The molecule has 1 aliphatic heterocycles. The van der Waals surface area contributed by atoms with Crippen molar-refractivity contribution in [2.45, 2.75) is 37.1 Å². The van der Waals surface area contributed by atoms with Gasteiger partial charge >= 0.3 is 0 Å². The monoisotopic (exact) mass is 276 g/mol.